The molecule has 0 radical (unpaired) electrons. The van der Waals surface area contributed by atoms with Crippen LogP contribution in [0.5, 0.6) is 0 Å². The third kappa shape index (κ3) is 6.11. The van der Waals surface area contributed by atoms with E-state index in [0.29, 0.717) is 24.4 Å². The van der Waals surface area contributed by atoms with Crippen LogP contribution in [0.1, 0.15) is 18.1 Å². The van der Waals surface area contributed by atoms with Gasteiger partial charge in [0.25, 0.3) is 0 Å². The Hall–Kier alpha value is -3.27. The minimum Gasteiger partial charge on any atom is -0.486 e. The highest BCUT2D eigenvalue weighted by atomic mass is 35.5. The number of hydrogen-bond donors (Lipinski definition) is 0. The fourth-order valence-electron chi connectivity index (χ4n) is 3.39. The molecule has 31 heavy (non-hydrogen) atoms. The van der Waals surface area contributed by atoms with Gasteiger partial charge in [-0.3, -0.25) is 4.79 Å². The van der Waals surface area contributed by atoms with Gasteiger partial charge in [0, 0.05) is 6.20 Å². The first-order valence-electron chi connectivity index (χ1n) is 9.97. The largest absolute Gasteiger partial charge is 0.486 e. The molecule has 0 bridgehead atoms. The summed E-state index contributed by atoms with van der Waals surface area (Å²) >= 11 is 5.59. The van der Waals surface area contributed by atoms with Crippen LogP contribution < -0.4 is 0 Å². The van der Waals surface area contributed by atoms with Gasteiger partial charge in [0.15, 0.2) is 5.76 Å². The maximum absolute atomic E-state index is 11.7. The lowest BCUT2D eigenvalue weighted by Gasteiger charge is -2.34. The molecule has 1 heterocycles. The number of ether oxygens (including phenoxy) is 2. The van der Waals surface area contributed by atoms with Gasteiger partial charge in [-0.25, -0.2) is 4.79 Å². The molecule has 1 aliphatic heterocycles. The predicted molar refractivity (Wildman–Crippen MR) is 120 cm³/mol. The topological polar surface area (TPSA) is 55.8 Å². The Labute approximate surface area is 187 Å². The SMILES string of the molecule is CC1=C(OCc2ccccc2)C(=C=O)C=CN1C(COC(=O)CCl)Cc1ccccc1. The fraction of sp³-hybridized carbons (Fsp3) is 0.240. The summed E-state index contributed by atoms with van der Waals surface area (Å²) in [6.45, 7) is 2.35. The van der Waals surface area contributed by atoms with Gasteiger partial charge in [-0.2, -0.15) is 0 Å². The van der Waals surface area contributed by atoms with Gasteiger partial charge in [0.05, 0.1) is 11.7 Å². The Morgan fingerprint density at radius 2 is 1.71 bits per heavy atom. The first-order valence-corrected chi connectivity index (χ1v) is 10.5. The van der Waals surface area contributed by atoms with E-state index < -0.39 is 5.97 Å². The average molecular weight is 438 g/mol. The lowest BCUT2D eigenvalue weighted by Crippen LogP contribution is -2.38. The molecule has 6 heteroatoms. The van der Waals surface area contributed by atoms with Crippen molar-refractivity contribution in [3.63, 3.8) is 0 Å². The molecule has 3 rings (SSSR count). The summed E-state index contributed by atoms with van der Waals surface area (Å²) in [6, 6.07) is 19.5. The van der Waals surface area contributed by atoms with Gasteiger partial charge in [-0.15, -0.1) is 11.6 Å². The molecule has 0 amide bonds. The number of carbonyl (C=O) groups is 1. The molecule has 2 aromatic carbocycles. The van der Waals surface area contributed by atoms with E-state index in [4.69, 9.17) is 21.1 Å². The minimum atomic E-state index is -0.476. The van der Waals surface area contributed by atoms with E-state index in [2.05, 4.69) is 0 Å². The van der Waals surface area contributed by atoms with Crippen molar-refractivity contribution in [2.24, 2.45) is 0 Å². The molecule has 0 aliphatic carbocycles. The first-order chi connectivity index (χ1) is 15.1. The van der Waals surface area contributed by atoms with Crippen LogP contribution >= 0.6 is 11.6 Å². The third-order valence-electron chi connectivity index (χ3n) is 4.95. The molecule has 1 atom stereocenters. The maximum atomic E-state index is 11.7. The van der Waals surface area contributed by atoms with Crippen molar-refractivity contribution in [3.05, 3.63) is 101 Å². The van der Waals surface area contributed by atoms with Crippen LogP contribution in [0.2, 0.25) is 0 Å². The standard InChI is InChI=1S/C25H24ClNO4/c1-19-25(31-17-21-10-6-3-7-11-21)22(16-28)12-13-27(19)23(18-30-24(29)15-26)14-20-8-4-2-5-9-20/h2-13,23H,14-15,17-18H2,1H3. The fourth-order valence-corrected chi connectivity index (χ4v) is 3.47. The summed E-state index contributed by atoms with van der Waals surface area (Å²) in [5.74, 6) is 1.74. The molecule has 1 unspecified atom stereocenters. The van der Waals surface area contributed by atoms with Crippen LogP contribution in [0.25, 0.3) is 0 Å². The summed E-state index contributed by atoms with van der Waals surface area (Å²) in [6.07, 6.45) is 4.10. The number of benzene rings is 2. The zero-order valence-corrected chi connectivity index (χ0v) is 18.0. The number of halogens is 1. The van der Waals surface area contributed by atoms with Crippen molar-refractivity contribution in [2.45, 2.75) is 26.0 Å². The average Bonchev–Trinajstić information content (AvgIpc) is 2.82. The van der Waals surface area contributed by atoms with Gasteiger partial charge in [0.1, 0.15) is 30.6 Å². The summed E-state index contributed by atoms with van der Waals surface area (Å²) in [4.78, 5) is 25.2. The van der Waals surface area contributed by atoms with Crippen molar-refractivity contribution >= 4 is 23.5 Å². The Morgan fingerprint density at radius 3 is 2.32 bits per heavy atom. The number of esters is 1. The molecule has 0 saturated carbocycles. The second-order valence-electron chi connectivity index (χ2n) is 7.09. The van der Waals surface area contributed by atoms with E-state index in [1.807, 2.05) is 78.4 Å². The molecular weight excluding hydrogens is 414 g/mol. The molecule has 0 saturated heterocycles. The number of alkyl halides is 1. The normalized spacial score (nSPS) is 14.3. The van der Waals surface area contributed by atoms with E-state index >= 15 is 0 Å². The van der Waals surface area contributed by atoms with Crippen molar-refractivity contribution in [2.75, 3.05) is 12.5 Å². The zero-order chi connectivity index (χ0) is 22.1. The number of hydrogen-bond acceptors (Lipinski definition) is 5. The van der Waals surface area contributed by atoms with Gasteiger partial charge in [-0.05, 0) is 30.5 Å². The van der Waals surface area contributed by atoms with Crippen molar-refractivity contribution in [3.8, 4) is 0 Å². The highest BCUT2D eigenvalue weighted by Crippen LogP contribution is 2.28. The molecule has 0 spiro atoms. The molecule has 2 aromatic rings. The van der Waals surface area contributed by atoms with Gasteiger partial charge >= 0.3 is 5.97 Å². The number of allylic oxidation sites excluding steroid dienone is 2. The lowest BCUT2D eigenvalue weighted by molar-refractivity contribution is -0.141. The van der Waals surface area contributed by atoms with E-state index in [1.165, 1.54) is 0 Å². The van der Waals surface area contributed by atoms with Crippen LogP contribution in [0.4, 0.5) is 0 Å². The molecule has 0 fully saturated rings. The van der Waals surface area contributed by atoms with E-state index in [-0.39, 0.29) is 18.5 Å². The Bertz CT molecular complexity index is 995. The van der Waals surface area contributed by atoms with Crippen LogP contribution in [0, 0.1) is 0 Å². The predicted octanol–water partition coefficient (Wildman–Crippen LogP) is 4.42. The summed E-state index contributed by atoms with van der Waals surface area (Å²) in [5.41, 5.74) is 3.19. The maximum Gasteiger partial charge on any atom is 0.320 e. The molecule has 5 nitrogen and oxygen atoms in total. The van der Waals surface area contributed by atoms with Crippen molar-refractivity contribution < 1.29 is 19.1 Å². The second-order valence-corrected chi connectivity index (χ2v) is 7.36. The van der Waals surface area contributed by atoms with Gasteiger partial charge in [-0.1, -0.05) is 60.7 Å². The third-order valence-corrected chi connectivity index (χ3v) is 5.17. The Kier molecular flexibility index (Phi) is 8.11. The highest BCUT2D eigenvalue weighted by molar-refractivity contribution is 6.26. The monoisotopic (exact) mass is 437 g/mol. The molecular formula is C25H24ClNO4. The van der Waals surface area contributed by atoms with Crippen LogP contribution in [-0.4, -0.2) is 35.3 Å². The molecule has 160 valence electrons. The summed E-state index contributed by atoms with van der Waals surface area (Å²) < 4.78 is 11.4. The highest BCUT2D eigenvalue weighted by Gasteiger charge is 2.26. The minimum absolute atomic E-state index is 0.147. The number of carbonyl (C=O) groups excluding carboxylic acids is 2. The zero-order valence-electron chi connectivity index (χ0n) is 17.3. The van der Waals surface area contributed by atoms with E-state index in [1.54, 1.807) is 12.3 Å². The van der Waals surface area contributed by atoms with Crippen LogP contribution in [0.15, 0.2) is 90.0 Å². The van der Waals surface area contributed by atoms with Crippen molar-refractivity contribution in [1.29, 1.82) is 0 Å². The smallest absolute Gasteiger partial charge is 0.320 e. The quantitative estimate of drug-likeness (QED) is 0.330. The van der Waals surface area contributed by atoms with Gasteiger partial charge in [0.2, 0.25) is 0 Å². The second kappa shape index (κ2) is 11.2. The van der Waals surface area contributed by atoms with Crippen LogP contribution in [-0.2, 0) is 32.1 Å². The summed E-state index contributed by atoms with van der Waals surface area (Å²) in [5, 5.41) is 0. The molecule has 0 aromatic heterocycles. The van der Waals surface area contributed by atoms with Crippen LogP contribution in [0.3, 0.4) is 0 Å². The van der Waals surface area contributed by atoms with Crippen molar-refractivity contribution in [1.82, 2.24) is 4.90 Å². The van der Waals surface area contributed by atoms with E-state index in [9.17, 15) is 9.59 Å². The van der Waals surface area contributed by atoms with E-state index in [0.717, 1.165) is 16.8 Å². The van der Waals surface area contributed by atoms with Gasteiger partial charge < -0.3 is 14.4 Å². The Balaban J connectivity index is 1.85. The first kappa shape index (κ1) is 22.4. The number of nitrogens with zero attached hydrogens (tertiary/aromatic N) is 1. The lowest BCUT2D eigenvalue weighted by atomic mass is 10.0. The summed E-state index contributed by atoms with van der Waals surface area (Å²) in [7, 11) is 0. The molecule has 1 aliphatic rings. The Morgan fingerprint density at radius 1 is 1.06 bits per heavy atom. The number of rotatable bonds is 9. The molecule has 0 N–H and O–H groups in total.